The summed E-state index contributed by atoms with van der Waals surface area (Å²) in [5.41, 5.74) is 0.771. The van der Waals surface area contributed by atoms with Gasteiger partial charge in [-0.3, -0.25) is 0 Å². The molecule has 0 aromatic heterocycles. The minimum atomic E-state index is -0.116. The molecule has 58 valence electrons. The fraction of sp³-hybridized carbons (Fsp3) is 0.200. The van der Waals surface area contributed by atoms with Crippen LogP contribution in [-0.2, 0) is 6.42 Å². The van der Waals surface area contributed by atoms with Crippen LogP contribution in [0.1, 0.15) is 12.0 Å². The highest BCUT2D eigenvalue weighted by Gasteiger charge is 1.96. The van der Waals surface area contributed by atoms with E-state index in [4.69, 9.17) is 0 Å². The molecule has 1 aromatic rings. The summed E-state index contributed by atoms with van der Waals surface area (Å²) in [6.45, 7) is 3.58. The maximum atomic E-state index is 12.9. The largest absolute Gasteiger partial charge is 0.207 e. The van der Waals surface area contributed by atoms with E-state index in [1.807, 2.05) is 6.07 Å². The molecule has 0 aliphatic rings. The Morgan fingerprint density at radius 1 is 1.36 bits per heavy atom. The molecule has 0 unspecified atom stereocenters. The molecule has 0 amide bonds. The van der Waals surface area contributed by atoms with E-state index >= 15 is 0 Å². The third kappa shape index (κ3) is 2.19. The van der Waals surface area contributed by atoms with Crippen molar-refractivity contribution in [3.63, 3.8) is 0 Å². The topological polar surface area (TPSA) is 0 Å². The molecule has 0 nitrogen and oxygen atoms in total. The number of aryl methyl sites for hydroxylation is 1. The first-order valence-electron chi connectivity index (χ1n) is 3.69. The van der Waals surface area contributed by atoms with Crippen LogP contribution in [0.3, 0.4) is 0 Å². The second-order valence-corrected chi connectivity index (χ2v) is 2.42. The van der Waals surface area contributed by atoms with E-state index in [0.717, 1.165) is 18.4 Å². The van der Waals surface area contributed by atoms with Gasteiger partial charge in [-0.15, -0.1) is 6.58 Å². The van der Waals surface area contributed by atoms with Crippen molar-refractivity contribution in [1.29, 1.82) is 0 Å². The molecular formula is C10H11F. The fourth-order valence-corrected chi connectivity index (χ4v) is 0.959. The number of benzene rings is 1. The molecule has 0 N–H and O–H groups in total. The van der Waals surface area contributed by atoms with E-state index in [1.54, 1.807) is 18.2 Å². The summed E-state index contributed by atoms with van der Waals surface area (Å²) >= 11 is 0. The standard InChI is InChI=1S/C10H11F/c1-2-3-6-9-7-4-5-8-10(9)11/h2,4-5,7-8H,1,3,6H2. The van der Waals surface area contributed by atoms with Crippen molar-refractivity contribution in [2.24, 2.45) is 0 Å². The lowest BCUT2D eigenvalue weighted by Crippen LogP contribution is -1.87. The summed E-state index contributed by atoms with van der Waals surface area (Å²) < 4.78 is 12.9. The molecule has 1 aromatic carbocycles. The Morgan fingerprint density at radius 3 is 2.73 bits per heavy atom. The summed E-state index contributed by atoms with van der Waals surface area (Å²) in [6.07, 6.45) is 3.38. The fourth-order valence-electron chi connectivity index (χ4n) is 0.959. The van der Waals surface area contributed by atoms with Crippen molar-refractivity contribution in [3.05, 3.63) is 48.3 Å². The zero-order chi connectivity index (χ0) is 8.10. The monoisotopic (exact) mass is 150 g/mol. The van der Waals surface area contributed by atoms with E-state index in [-0.39, 0.29) is 5.82 Å². The molecule has 0 bridgehead atoms. The highest BCUT2D eigenvalue weighted by atomic mass is 19.1. The second-order valence-electron chi connectivity index (χ2n) is 2.42. The Morgan fingerprint density at radius 2 is 2.09 bits per heavy atom. The Kier molecular flexibility index (Phi) is 2.84. The molecule has 0 aliphatic heterocycles. The predicted octanol–water partition coefficient (Wildman–Crippen LogP) is 2.94. The lowest BCUT2D eigenvalue weighted by Gasteiger charge is -1.98. The first-order valence-corrected chi connectivity index (χ1v) is 3.69. The molecular weight excluding hydrogens is 139 g/mol. The predicted molar refractivity (Wildman–Crippen MR) is 44.9 cm³/mol. The lowest BCUT2D eigenvalue weighted by molar-refractivity contribution is 0.609. The molecule has 0 fully saturated rings. The van der Waals surface area contributed by atoms with E-state index in [1.165, 1.54) is 6.07 Å². The van der Waals surface area contributed by atoms with Gasteiger partial charge in [-0.1, -0.05) is 24.3 Å². The smallest absolute Gasteiger partial charge is 0.126 e. The minimum absolute atomic E-state index is 0.116. The maximum absolute atomic E-state index is 12.9. The summed E-state index contributed by atoms with van der Waals surface area (Å²) in [4.78, 5) is 0. The molecule has 0 radical (unpaired) electrons. The van der Waals surface area contributed by atoms with Crippen LogP contribution in [0.5, 0.6) is 0 Å². The SMILES string of the molecule is C=CCCc1ccccc1F. The minimum Gasteiger partial charge on any atom is -0.207 e. The van der Waals surface area contributed by atoms with Crippen molar-refractivity contribution >= 4 is 0 Å². The van der Waals surface area contributed by atoms with Gasteiger partial charge in [0.2, 0.25) is 0 Å². The summed E-state index contributed by atoms with van der Waals surface area (Å²) in [7, 11) is 0. The van der Waals surface area contributed by atoms with Crippen molar-refractivity contribution < 1.29 is 4.39 Å². The number of hydrogen-bond acceptors (Lipinski definition) is 0. The third-order valence-electron chi connectivity index (χ3n) is 1.58. The Bertz CT molecular complexity index is 240. The van der Waals surface area contributed by atoms with Crippen LogP contribution in [0.25, 0.3) is 0 Å². The average molecular weight is 150 g/mol. The quantitative estimate of drug-likeness (QED) is 0.581. The van der Waals surface area contributed by atoms with Crippen molar-refractivity contribution in [3.8, 4) is 0 Å². The van der Waals surface area contributed by atoms with Gasteiger partial charge in [0.25, 0.3) is 0 Å². The lowest BCUT2D eigenvalue weighted by atomic mass is 10.1. The molecule has 0 spiro atoms. The van der Waals surface area contributed by atoms with Crippen molar-refractivity contribution in [2.75, 3.05) is 0 Å². The number of rotatable bonds is 3. The molecule has 0 atom stereocenters. The van der Waals surface area contributed by atoms with Crippen LogP contribution in [0.15, 0.2) is 36.9 Å². The highest BCUT2D eigenvalue weighted by Crippen LogP contribution is 2.08. The first-order chi connectivity index (χ1) is 5.34. The molecule has 11 heavy (non-hydrogen) atoms. The Hall–Kier alpha value is -1.11. The normalized spacial score (nSPS) is 9.55. The van der Waals surface area contributed by atoms with Crippen LogP contribution in [0, 0.1) is 5.82 Å². The Labute approximate surface area is 66.4 Å². The van der Waals surface area contributed by atoms with E-state index in [0.29, 0.717) is 0 Å². The Balaban J connectivity index is 2.69. The van der Waals surface area contributed by atoms with E-state index in [2.05, 4.69) is 6.58 Å². The number of hydrogen-bond donors (Lipinski definition) is 0. The van der Waals surface area contributed by atoms with Crippen LogP contribution in [0.4, 0.5) is 4.39 Å². The van der Waals surface area contributed by atoms with Crippen molar-refractivity contribution in [1.82, 2.24) is 0 Å². The third-order valence-corrected chi connectivity index (χ3v) is 1.58. The van der Waals surface area contributed by atoms with Gasteiger partial charge in [0.1, 0.15) is 5.82 Å². The average Bonchev–Trinajstić information content (AvgIpc) is 2.03. The molecule has 1 heteroatoms. The number of allylic oxidation sites excluding steroid dienone is 1. The molecule has 0 heterocycles. The van der Waals surface area contributed by atoms with Crippen molar-refractivity contribution in [2.45, 2.75) is 12.8 Å². The summed E-state index contributed by atoms with van der Waals surface area (Å²) in [5.74, 6) is -0.116. The van der Waals surface area contributed by atoms with Gasteiger partial charge in [0.05, 0.1) is 0 Å². The van der Waals surface area contributed by atoms with E-state index < -0.39 is 0 Å². The van der Waals surface area contributed by atoms with Crippen LogP contribution >= 0.6 is 0 Å². The highest BCUT2D eigenvalue weighted by molar-refractivity contribution is 5.17. The van der Waals surface area contributed by atoms with Gasteiger partial charge in [-0.05, 0) is 24.5 Å². The molecule has 0 saturated carbocycles. The second kappa shape index (κ2) is 3.91. The molecule has 0 aliphatic carbocycles. The van der Waals surface area contributed by atoms with Gasteiger partial charge < -0.3 is 0 Å². The van der Waals surface area contributed by atoms with E-state index in [9.17, 15) is 4.39 Å². The molecule has 0 saturated heterocycles. The van der Waals surface area contributed by atoms with Crippen LogP contribution < -0.4 is 0 Å². The number of halogens is 1. The van der Waals surface area contributed by atoms with Crippen LogP contribution in [-0.4, -0.2) is 0 Å². The van der Waals surface area contributed by atoms with Gasteiger partial charge in [0, 0.05) is 0 Å². The van der Waals surface area contributed by atoms with Gasteiger partial charge in [-0.2, -0.15) is 0 Å². The van der Waals surface area contributed by atoms with Gasteiger partial charge >= 0.3 is 0 Å². The van der Waals surface area contributed by atoms with Crippen LogP contribution in [0.2, 0.25) is 0 Å². The van der Waals surface area contributed by atoms with Gasteiger partial charge in [0.15, 0.2) is 0 Å². The summed E-state index contributed by atoms with van der Waals surface area (Å²) in [6, 6.07) is 6.84. The first kappa shape index (κ1) is 7.99. The zero-order valence-corrected chi connectivity index (χ0v) is 6.39. The molecule has 1 rings (SSSR count). The zero-order valence-electron chi connectivity index (χ0n) is 6.39. The summed E-state index contributed by atoms with van der Waals surface area (Å²) in [5, 5.41) is 0. The maximum Gasteiger partial charge on any atom is 0.126 e. The van der Waals surface area contributed by atoms with Gasteiger partial charge in [-0.25, -0.2) is 4.39 Å².